The third-order valence-corrected chi connectivity index (χ3v) is 4.08. The highest BCUT2D eigenvalue weighted by atomic mass is 79.9. The number of carbonyl (C=O) groups excluding carboxylic acids is 1. The van der Waals surface area contributed by atoms with Crippen LogP contribution in [0.3, 0.4) is 0 Å². The van der Waals surface area contributed by atoms with E-state index in [1.165, 1.54) is 0 Å². The minimum absolute atomic E-state index is 0.435. The lowest BCUT2D eigenvalue weighted by Gasteiger charge is -2.18. The molecule has 0 radical (unpaired) electrons. The molecule has 0 spiro atoms. The number of anilines is 1. The van der Waals surface area contributed by atoms with Crippen LogP contribution in [0.15, 0.2) is 46.9 Å². The molecule has 0 bridgehead atoms. The van der Waals surface area contributed by atoms with Gasteiger partial charge in [0, 0.05) is 15.2 Å². The number of primary amides is 1. The second kappa shape index (κ2) is 6.29. The Hall–Kier alpha value is -1.52. The maximum atomic E-state index is 11.7. The summed E-state index contributed by atoms with van der Waals surface area (Å²) in [5, 5.41) is 3.76. The molecule has 0 fully saturated rings. The molecule has 2 aromatic rings. The molecule has 0 aromatic heterocycles. The Morgan fingerprint density at radius 2 is 1.90 bits per heavy atom. The fourth-order valence-electron chi connectivity index (χ4n) is 1.82. The highest BCUT2D eigenvalue weighted by molar-refractivity contribution is 9.10. The highest BCUT2D eigenvalue weighted by Crippen LogP contribution is 2.25. The zero-order valence-corrected chi connectivity index (χ0v) is 13.2. The lowest BCUT2D eigenvalue weighted by molar-refractivity contribution is -0.118. The Morgan fingerprint density at radius 3 is 2.45 bits per heavy atom. The van der Waals surface area contributed by atoms with E-state index in [9.17, 15) is 4.79 Å². The number of aryl methyl sites for hydroxylation is 1. The zero-order chi connectivity index (χ0) is 14.7. The normalized spacial score (nSPS) is 11.9. The molecule has 1 atom stereocenters. The van der Waals surface area contributed by atoms with Gasteiger partial charge < -0.3 is 11.1 Å². The van der Waals surface area contributed by atoms with Crippen molar-refractivity contribution in [2.45, 2.75) is 13.0 Å². The summed E-state index contributed by atoms with van der Waals surface area (Å²) in [4.78, 5) is 11.7. The first-order valence-corrected chi connectivity index (χ1v) is 7.22. The Kier molecular flexibility index (Phi) is 4.68. The van der Waals surface area contributed by atoms with Crippen LogP contribution in [0.5, 0.6) is 0 Å². The van der Waals surface area contributed by atoms with Crippen molar-refractivity contribution >= 4 is 39.1 Å². The van der Waals surface area contributed by atoms with Gasteiger partial charge in [-0.2, -0.15) is 0 Å². The maximum Gasteiger partial charge on any atom is 0.244 e. The van der Waals surface area contributed by atoms with Gasteiger partial charge in [0.15, 0.2) is 0 Å². The van der Waals surface area contributed by atoms with Gasteiger partial charge in [-0.25, -0.2) is 0 Å². The van der Waals surface area contributed by atoms with Crippen LogP contribution in [0, 0.1) is 6.92 Å². The number of benzene rings is 2. The number of halogens is 2. The van der Waals surface area contributed by atoms with Gasteiger partial charge in [-0.1, -0.05) is 39.7 Å². The molecule has 0 saturated carbocycles. The van der Waals surface area contributed by atoms with Gasteiger partial charge >= 0.3 is 0 Å². The molecule has 5 heteroatoms. The molecule has 0 aliphatic carbocycles. The number of carbonyl (C=O) groups is 1. The highest BCUT2D eigenvalue weighted by Gasteiger charge is 2.18. The number of nitrogens with two attached hydrogens (primary N) is 1. The summed E-state index contributed by atoms with van der Waals surface area (Å²) in [6.45, 7) is 1.99. The summed E-state index contributed by atoms with van der Waals surface area (Å²) in [5.41, 5.74) is 8.19. The van der Waals surface area contributed by atoms with Gasteiger partial charge in [0.2, 0.25) is 5.91 Å². The molecule has 0 heterocycles. The average molecular weight is 354 g/mol. The molecule has 0 aliphatic heterocycles. The van der Waals surface area contributed by atoms with Crippen molar-refractivity contribution in [3.63, 3.8) is 0 Å². The summed E-state index contributed by atoms with van der Waals surface area (Å²) in [5.74, 6) is -0.435. The first-order chi connectivity index (χ1) is 9.47. The number of rotatable bonds is 4. The third kappa shape index (κ3) is 3.52. The van der Waals surface area contributed by atoms with E-state index in [-0.39, 0.29) is 0 Å². The second-order valence-corrected chi connectivity index (χ2v) is 5.79. The Morgan fingerprint density at radius 1 is 1.25 bits per heavy atom. The lowest BCUT2D eigenvalue weighted by Crippen LogP contribution is -2.27. The van der Waals surface area contributed by atoms with Gasteiger partial charge in [-0.05, 0) is 48.4 Å². The SMILES string of the molecule is Cc1ccc(C(Nc2ccc(Cl)cc2)C(N)=O)cc1Br. The van der Waals surface area contributed by atoms with E-state index in [0.29, 0.717) is 5.02 Å². The van der Waals surface area contributed by atoms with Crippen LogP contribution < -0.4 is 11.1 Å². The fourth-order valence-corrected chi connectivity index (χ4v) is 2.34. The second-order valence-electron chi connectivity index (χ2n) is 4.50. The van der Waals surface area contributed by atoms with E-state index < -0.39 is 11.9 Å². The van der Waals surface area contributed by atoms with E-state index in [0.717, 1.165) is 21.3 Å². The minimum Gasteiger partial charge on any atom is -0.370 e. The van der Waals surface area contributed by atoms with Crippen LogP contribution >= 0.6 is 27.5 Å². The average Bonchev–Trinajstić information content (AvgIpc) is 2.41. The number of amides is 1. The van der Waals surface area contributed by atoms with E-state index in [1.54, 1.807) is 12.1 Å². The van der Waals surface area contributed by atoms with Crippen LogP contribution in [-0.2, 0) is 4.79 Å². The standard InChI is InChI=1S/C15H14BrClN2O/c1-9-2-3-10(8-13(9)16)14(15(18)20)19-12-6-4-11(17)5-7-12/h2-8,14,19H,1H3,(H2,18,20). The molecule has 3 nitrogen and oxygen atoms in total. The van der Waals surface area contributed by atoms with Crippen molar-refractivity contribution in [1.29, 1.82) is 0 Å². The first kappa shape index (κ1) is 14.9. The fraction of sp³-hybridized carbons (Fsp3) is 0.133. The summed E-state index contributed by atoms with van der Waals surface area (Å²) >= 11 is 9.30. The van der Waals surface area contributed by atoms with Crippen molar-refractivity contribution < 1.29 is 4.79 Å². The molecule has 1 unspecified atom stereocenters. The van der Waals surface area contributed by atoms with E-state index in [1.807, 2.05) is 37.3 Å². The zero-order valence-electron chi connectivity index (χ0n) is 10.9. The molecular formula is C15H14BrClN2O. The molecule has 2 rings (SSSR count). The Labute approximate surface area is 131 Å². The van der Waals surface area contributed by atoms with Crippen molar-refractivity contribution in [3.8, 4) is 0 Å². The van der Waals surface area contributed by atoms with E-state index in [2.05, 4.69) is 21.2 Å². The van der Waals surface area contributed by atoms with Crippen LogP contribution in [0.25, 0.3) is 0 Å². The molecule has 104 valence electrons. The molecular weight excluding hydrogens is 340 g/mol. The van der Waals surface area contributed by atoms with Crippen LogP contribution in [0.1, 0.15) is 17.2 Å². The van der Waals surface area contributed by atoms with Crippen molar-refractivity contribution in [2.75, 3.05) is 5.32 Å². The monoisotopic (exact) mass is 352 g/mol. The van der Waals surface area contributed by atoms with Gasteiger partial charge in [0.05, 0.1) is 0 Å². The topological polar surface area (TPSA) is 55.1 Å². The van der Waals surface area contributed by atoms with Gasteiger partial charge in [0.25, 0.3) is 0 Å². The molecule has 20 heavy (non-hydrogen) atoms. The summed E-state index contributed by atoms with van der Waals surface area (Å²) in [6.07, 6.45) is 0. The predicted octanol–water partition coefficient (Wildman–Crippen LogP) is 4.05. The quantitative estimate of drug-likeness (QED) is 0.871. The van der Waals surface area contributed by atoms with Crippen LogP contribution in [-0.4, -0.2) is 5.91 Å². The summed E-state index contributed by atoms with van der Waals surface area (Å²) in [6, 6.07) is 12.3. The largest absolute Gasteiger partial charge is 0.370 e. The van der Waals surface area contributed by atoms with Gasteiger partial charge in [-0.15, -0.1) is 0 Å². The maximum absolute atomic E-state index is 11.7. The molecule has 0 aliphatic rings. The van der Waals surface area contributed by atoms with E-state index in [4.69, 9.17) is 17.3 Å². The molecule has 2 aromatic carbocycles. The van der Waals surface area contributed by atoms with Crippen molar-refractivity contribution in [3.05, 3.63) is 63.1 Å². The summed E-state index contributed by atoms with van der Waals surface area (Å²) in [7, 11) is 0. The number of hydrogen-bond acceptors (Lipinski definition) is 2. The molecule has 1 amide bonds. The van der Waals surface area contributed by atoms with Crippen molar-refractivity contribution in [2.24, 2.45) is 5.73 Å². The third-order valence-electron chi connectivity index (χ3n) is 2.97. The van der Waals surface area contributed by atoms with Gasteiger partial charge in [-0.3, -0.25) is 4.79 Å². The molecule has 0 saturated heterocycles. The van der Waals surface area contributed by atoms with Gasteiger partial charge in [0.1, 0.15) is 6.04 Å². The smallest absolute Gasteiger partial charge is 0.244 e. The van der Waals surface area contributed by atoms with Crippen LogP contribution in [0.4, 0.5) is 5.69 Å². The van der Waals surface area contributed by atoms with Crippen molar-refractivity contribution in [1.82, 2.24) is 0 Å². The minimum atomic E-state index is -0.590. The lowest BCUT2D eigenvalue weighted by atomic mass is 10.0. The predicted molar refractivity (Wildman–Crippen MR) is 85.9 cm³/mol. The summed E-state index contributed by atoms with van der Waals surface area (Å²) < 4.78 is 0.944. The van der Waals surface area contributed by atoms with Crippen LogP contribution in [0.2, 0.25) is 5.02 Å². The Balaban J connectivity index is 2.29. The van der Waals surface area contributed by atoms with E-state index >= 15 is 0 Å². The Bertz CT molecular complexity index is 628. The first-order valence-electron chi connectivity index (χ1n) is 6.05. The number of nitrogens with one attached hydrogen (secondary N) is 1. The number of hydrogen-bond donors (Lipinski definition) is 2. The molecule has 3 N–H and O–H groups in total.